The molecule has 69 heavy (non-hydrogen) atoms. The molecule has 2 nitrogen and oxygen atoms in total. The Balaban J connectivity index is 1.07. The Morgan fingerprint density at radius 3 is 1.14 bits per heavy atom. The Morgan fingerprint density at radius 1 is 0.232 bits per heavy atom. The maximum absolute atomic E-state index is 3.11. The fourth-order valence-corrected chi connectivity index (χ4v) is 16.8. The summed E-state index contributed by atoms with van der Waals surface area (Å²) in [5.74, 6) is 0. The maximum Gasteiger partial charge on any atom is 0.179 e. The van der Waals surface area contributed by atoms with Gasteiger partial charge in [0.2, 0.25) is 0 Å². The van der Waals surface area contributed by atoms with Gasteiger partial charge in [0.15, 0.2) is 8.07 Å². The smallest absolute Gasteiger partial charge is 0.179 e. The van der Waals surface area contributed by atoms with Crippen molar-refractivity contribution in [2.45, 2.75) is 0 Å². The zero-order valence-electron chi connectivity index (χ0n) is 37.8. The van der Waals surface area contributed by atoms with Crippen LogP contribution in [0.1, 0.15) is 0 Å². The fourth-order valence-electron chi connectivity index (χ4n) is 12.0. The molecule has 3 heteroatoms. The molecule has 2 heterocycles. The Bertz CT molecular complexity index is 4040. The first-order valence-corrected chi connectivity index (χ1v) is 25.9. The molecule has 0 N–H and O–H groups in total. The van der Waals surface area contributed by atoms with E-state index in [0.29, 0.717) is 0 Å². The SMILES string of the molecule is c1ccc([Si](c2ccccc2)(c2cccc(-n3c4ccccc4c4cccc(-n5c6ccccc6c6ccccc65)c43)c2)c2ccc3c(c2)-c2ccccc2-c2ccccc2-c2ccccc2-3)cc1. The molecule has 0 spiro atoms. The summed E-state index contributed by atoms with van der Waals surface area (Å²) >= 11 is 0. The molecule has 13 aromatic rings. The van der Waals surface area contributed by atoms with Crippen LogP contribution in [0, 0.1) is 0 Å². The third-order valence-corrected chi connectivity index (χ3v) is 19.6. The molecule has 0 saturated heterocycles. The highest BCUT2D eigenvalue weighted by Gasteiger charge is 2.42. The second-order valence-corrected chi connectivity index (χ2v) is 22.1. The summed E-state index contributed by atoms with van der Waals surface area (Å²) in [6.45, 7) is 0. The van der Waals surface area contributed by atoms with Crippen LogP contribution in [-0.2, 0) is 0 Å². The number of fused-ring (bicyclic) bond motifs is 14. The summed E-state index contributed by atoms with van der Waals surface area (Å²) < 4.78 is 5.01. The molecule has 11 aromatic carbocycles. The summed E-state index contributed by atoms with van der Waals surface area (Å²) in [6.07, 6.45) is 0. The van der Waals surface area contributed by atoms with Crippen molar-refractivity contribution < 1.29 is 0 Å². The Kier molecular flexibility index (Phi) is 8.95. The highest BCUT2D eigenvalue weighted by molar-refractivity contribution is 7.20. The zero-order chi connectivity index (χ0) is 45.5. The number of rotatable bonds is 6. The van der Waals surface area contributed by atoms with Crippen LogP contribution in [0.2, 0.25) is 0 Å². The summed E-state index contributed by atoms with van der Waals surface area (Å²) in [4.78, 5) is 0. The van der Waals surface area contributed by atoms with Crippen molar-refractivity contribution in [1.29, 1.82) is 0 Å². The second-order valence-electron chi connectivity index (χ2n) is 18.3. The number of para-hydroxylation sites is 4. The van der Waals surface area contributed by atoms with Gasteiger partial charge in [-0.25, -0.2) is 0 Å². The van der Waals surface area contributed by atoms with Gasteiger partial charge in [-0.3, -0.25) is 0 Å². The monoisotopic (exact) mass is 892 g/mol. The van der Waals surface area contributed by atoms with E-state index >= 15 is 0 Å². The first kappa shape index (κ1) is 39.4. The molecule has 0 saturated carbocycles. The zero-order valence-corrected chi connectivity index (χ0v) is 38.8. The molecular weight excluding hydrogens is 849 g/mol. The Hall–Kier alpha value is -8.76. The van der Waals surface area contributed by atoms with Crippen molar-refractivity contribution in [2.75, 3.05) is 0 Å². The van der Waals surface area contributed by atoms with Gasteiger partial charge < -0.3 is 9.13 Å². The van der Waals surface area contributed by atoms with Crippen LogP contribution in [0.4, 0.5) is 0 Å². The molecule has 14 rings (SSSR count). The average Bonchev–Trinajstić information content (AvgIpc) is 3.95. The summed E-state index contributed by atoms with van der Waals surface area (Å²) in [7, 11) is -3.11. The lowest BCUT2D eigenvalue weighted by atomic mass is 9.81. The molecule has 0 fully saturated rings. The summed E-state index contributed by atoms with van der Waals surface area (Å²) in [6, 6.07) is 100. The minimum absolute atomic E-state index is 1.14. The van der Waals surface area contributed by atoms with Gasteiger partial charge in [-0.05, 0) is 102 Å². The molecular formula is C66H44N2Si. The van der Waals surface area contributed by atoms with Crippen LogP contribution >= 0.6 is 0 Å². The van der Waals surface area contributed by atoms with E-state index in [2.05, 4.69) is 276 Å². The average molecular weight is 893 g/mol. The largest absolute Gasteiger partial charge is 0.307 e. The highest BCUT2D eigenvalue weighted by Crippen LogP contribution is 2.47. The summed E-state index contributed by atoms with van der Waals surface area (Å²) in [5, 5.41) is 10.3. The van der Waals surface area contributed by atoms with Gasteiger partial charge in [-0.15, -0.1) is 0 Å². The third-order valence-electron chi connectivity index (χ3n) is 14.8. The fraction of sp³-hybridized carbons (Fsp3) is 0. The van der Waals surface area contributed by atoms with E-state index in [4.69, 9.17) is 0 Å². The number of aromatic nitrogens is 2. The standard InChI is InChI=1S/C66H44N2Si/c1-3-22-46(23-4-1)69(47-24-5-2-6-25-47,49-41-42-56-54-31-10-9-29-52(54)50-27-7-8-28-51(50)53-30-11-12-32-55(53)61(56)44-49)48-26-19-21-45(43-48)67-62-37-16-15-35-59(62)60-36-20-40-65(66(60)67)68-63-38-17-13-33-57(63)58-34-14-18-39-64(58)68/h1-44H. The lowest BCUT2D eigenvalue weighted by molar-refractivity contribution is 1.13. The van der Waals surface area contributed by atoms with Gasteiger partial charge in [0.1, 0.15) is 0 Å². The van der Waals surface area contributed by atoms with Gasteiger partial charge in [0, 0.05) is 27.2 Å². The van der Waals surface area contributed by atoms with E-state index in [0.717, 1.165) is 11.4 Å². The van der Waals surface area contributed by atoms with E-state index in [9.17, 15) is 0 Å². The van der Waals surface area contributed by atoms with Gasteiger partial charge in [0.25, 0.3) is 0 Å². The highest BCUT2D eigenvalue weighted by atomic mass is 28.3. The lowest BCUT2D eigenvalue weighted by Crippen LogP contribution is -2.74. The molecule has 0 unspecified atom stereocenters. The molecule has 0 radical (unpaired) electrons. The van der Waals surface area contributed by atoms with Crippen LogP contribution in [0.15, 0.2) is 267 Å². The van der Waals surface area contributed by atoms with Gasteiger partial charge in [-0.1, -0.05) is 231 Å². The minimum Gasteiger partial charge on any atom is -0.307 e. The third kappa shape index (κ3) is 5.84. The quantitative estimate of drug-likeness (QED) is 0.116. The molecule has 1 aliphatic carbocycles. The molecule has 1 aliphatic rings. The number of hydrogen-bond acceptors (Lipinski definition) is 0. The van der Waals surface area contributed by atoms with E-state index in [1.165, 1.54) is 109 Å². The number of nitrogens with zero attached hydrogens (tertiary/aromatic N) is 2. The van der Waals surface area contributed by atoms with Crippen LogP contribution in [-0.4, -0.2) is 17.2 Å². The Labute approximate surface area is 402 Å². The van der Waals surface area contributed by atoms with Crippen molar-refractivity contribution in [3.8, 4) is 55.9 Å². The number of benzene rings is 11. The second kappa shape index (κ2) is 15.7. The van der Waals surface area contributed by atoms with Crippen LogP contribution in [0.5, 0.6) is 0 Å². The van der Waals surface area contributed by atoms with E-state index in [1.54, 1.807) is 0 Å². The molecule has 0 amide bonds. The Morgan fingerprint density at radius 2 is 0.609 bits per heavy atom. The molecule has 0 bridgehead atoms. The molecule has 322 valence electrons. The topological polar surface area (TPSA) is 9.86 Å². The maximum atomic E-state index is 2.57. The van der Waals surface area contributed by atoms with Crippen molar-refractivity contribution >= 4 is 72.4 Å². The van der Waals surface area contributed by atoms with Crippen LogP contribution in [0.25, 0.3) is 99.5 Å². The lowest BCUT2D eigenvalue weighted by Gasteiger charge is -2.35. The summed E-state index contributed by atoms with van der Waals surface area (Å²) in [5.41, 5.74) is 17.1. The van der Waals surface area contributed by atoms with Crippen molar-refractivity contribution in [3.05, 3.63) is 267 Å². The van der Waals surface area contributed by atoms with Crippen LogP contribution in [0.3, 0.4) is 0 Å². The first-order valence-electron chi connectivity index (χ1n) is 23.9. The minimum atomic E-state index is -3.11. The number of hydrogen-bond donors (Lipinski definition) is 0. The van der Waals surface area contributed by atoms with E-state index in [-0.39, 0.29) is 0 Å². The van der Waals surface area contributed by atoms with Gasteiger partial charge in [-0.2, -0.15) is 0 Å². The normalized spacial score (nSPS) is 12.1. The van der Waals surface area contributed by atoms with E-state index in [1.807, 2.05) is 0 Å². The van der Waals surface area contributed by atoms with Gasteiger partial charge in [0.05, 0.1) is 27.8 Å². The molecule has 0 aliphatic heterocycles. The first-order chi connectivity index (χ1) is 34.3. The van der Waals surface area contributed by atoms with Crippen molar-refractivity contribution in [1.82, 2.24) is 9.13 Å². The van der Waals surface area contributed by atoms with Crippen molar-refractivity contribution in [2.24, 2.45) is 0 Å². The predicted octanol–water partition coefficient (Wildman–Crippen LogP) is 14.2. The predicted molar refractivity (Wildman–Crippen MR) is 294 cm³/mol. The molecule has 0 atom stereocenters. The van der Waals surface area contributed by atoms with E-state index < -0.39 is 8.07 Å². The molecule has 2 aromatic heterocycles. The van der Waals surface area contributed by atoms with Crippen LogP contribution < -0.4 is 20.7 Å². The van der Waals surface area contributed by atoms with Crippen molar-refractivity contribution in [3.63, 3.8) is 0 Å². The van der Waals surface area contributed by atoms with Gasteiger partial charge >= 0.3 is 0 Å².